The SMILES string of the molecule is c1ccc(-c2nc(-c3ccccc3)nc(-c3ccc(-c4ccc5c(c4)c4ccccc4n5-c4cccc(-c5ccc6c(c5)CCC(c5ccccc5)c5ccccc5-6)c4)cc3)n2)cc1. The molecule has 0 saturated heterocycles. The molecule has 0 spiro atoms. The molecule has 2 aromatic heterocycles. The largest absolute Gasteiger partial charge is 0.309 e. The first-order valence-corrected chi connectivity index (χ1v) is 22.1. The molecule has 0 radical (unpaired) electrons. The lowest BCUT2D eigenvalue weighted by atomic mass is 9.86. The van der Waals surface area contributed by atoms with Crippen LogP contribution in [0.3, 0.4) is 0 Å². The van der Waals surface area contributed by atoms with E-state index < -0.39 is 0 Å². The Kier molecular flexibility index (Phi) is 9.34. The van der Waals surface area contributed by atoms with Gasteiger partial charge in [0.2, 0.25) is 0 Å². The highest BCUT2D eigenvalue weighted by molar-refractivity contribution is 6.10. The van der Waals surface area contributed by atoms with Crippen LogP contribution >= 0.6 is 0 Å². The van der Waals surface area contributed by atoms with Crippen molar-refractivity contribution in [2.24, 2.45) is 0 Å². The zero-order valence-corrected chi connectivity index (χ0v) is 35.1. The van der Waals surface area contributed by atoms with Crippen molar-refractivity contribution in [3.8, 4) is 73.2 Å². The molecular weight excluding hydrogens is 777 g/mol. The van der Waals surface area contributed by atoms with E-state index in [1.54, 1.807) is 0 Å². The fraction of sp³-hybridized carbons (Fsp3) is 0.0500. The topological polar surface area (TPSA) is 43.6 Å². The molecule has 4 nitrogen and oxygen atoms in total. The molecule has 11 aromatic rings. The molecule has 0 amide bonds. The zero-order chi connectivity index (χ0) is 42.4. The van der Waals surface area contributed by atoms with E-state index >= 15 is 0 Å². The third kappa shape index (κ3) is 6.77. The van der Waals surface area contributed by atoms with Crippen molar-refractivity contribution in [2.75, 3.05) is 0 Å². The van der Waals surface area contributed by atoms with Crippen molar-refractivity contribution in [2.45, 2.75) is 18.8 Å². The Morgan fingerprint density at radius 1 is 0.359 bits per heavy atom. The molecule has 1 aliphatic rings. The molecule has 1 aliphatic carbocycles. The highest BCUT2D eigenvalue weighted by Crippen LogP contribution is 2.43. The molecule has 0 aliphatic heterocycles. The Hall–Kier alpha value is -8.21. The maximum Gasteiger partial charge on any atom is 0.164 e. The van der Waals surface area contributed by atoms with Crippen LogP contribution in [0.4, 0.5) is 0 Å². The summed E-state index contributed by atoms with van der Waals surface area (Å²) in [6.45, 7) is 0. The Bertz CT molecular complexity index is 3430. The van der Waals surface area contributed by atoms with E-state index in [9.17, 15) is 0 Å². The van der Waals surface area contributed by atoms with Crippen LogP contribution in [0.1, 0.15) is 29.0 Å². The van der Waals surface area contributed by atoms with Crippen LogP contribution in [-0.2, 0) is 6.42 Å². The number of aryl methyl sites for hydroxylation is 1. The predicted molar refractivity (Wildman–Crippen MR) is 263 cm³/mol. The molecule has 64 heavy (non-hydrogen) atoms. The van der Waals surface area contributed by atoms with Gasteiger partial charge in [-0.15, -0.1) is 0 Å². The van der Waals surface area contributed by atoms with Gasteiger partial charge in [0.25, 0.3) is 0 Å². The lowest BCUT2D eigenvalue weighted by Gasteiger charge is -2.18. The van der Waals surface area contributed by atoms with Crippen LogP contribution in [-0.4, -0.2) is 19.5 Å². The molecule has 4 heteroatoms. The normalized spacial score (nSPS) is 13.3. The third-order valence-electron chi connectivity index (χ3n) is 12.9. The number of hydrogen-bond donors (Lipinski definition) is 0. The molecule has 0 bridgehead atoms. The molecule has 1 atom stereocenters. The second-order valence-corrected chi connectivity index (χ2v) is 16.7. The highest BCUT2D eigenvalue weighted by Gasteiger charge is 2.24. The molecule has 12 rings (SSSR count). The van der Waals surface area contributed by atoms with Crippen molar-refractivity contribution in [3.05, 3.63) is 241 Å². The predicted octanol–water partition coefficient (Wildman–Crippen LogP) is 15.0. The van der Waals surface area contributed by atoms with Gasteiger partial charge in [-0.2, -0.15) is 0 Å². The maximum atomic E-state index is 4.95. The monoisotopic (exact) mass is 818 g/mol. The third-order valence-corrected chi connectivity index (χ3v) is 12.9. The summed E-state index contributed by atoms with van der Waals surface area (Å²) >= 11 is 0. The van der Waals surface area contributed by atoms with Crippen LogP contribution in [0, 0.1) is 0 Å². The molecule has 302 valence electrons. The standard InChI is InChI=1S/C60H42N4/c1-4-15-41(16-5-1)50-35-32-48-37-46(31-34-51(48)53-24-11-10-23-52(50)53)45-21-14-22-49(38-45)64-56-26-13-12-25-54(56)55-39-47(33-36-57(55)64)40-27-29-44(30-28-40)60-62-58(42-17-6-2-7-18-42)61-59(63-60)43-19-8-3-9-20-43/h1-31,33-34,36-39,50H,32,35H2. The maximum absolute atomic E-state index is 4.95. The van der Waals surface area contributed by atoms with Gasteiger partial charge in [0.1, 0.15) is 0 Å². The van der Waals surface area contributed by atoms with Gasteiger partial charge in [-0.25, -0.2) is 15.0 Å². The summed E-state index contributed by atoms with van der Waals surface area (Å²) < 4.78 is 2.42. The summed E-state index contributed by atoms with van der Waals surface area (Å²) in [5.74, 6) is 2.33. The average Bonchev–Trinajstić information content (AvgIpc) is 3.61. The Balaban J connectivity index is 0.884. The van der Waals surface area contributed by atoms with Crippen LogP contribution < -0.4 is 0 Å². The molecule has 0 fully saturated rings. The van der Waals surface area contributed by atoms with Gasteiger partial charge in [0.05, 0.1) is 11.0 Å². The summed E-state index contributed by atoms with van der Waals surface area (Å²) in [7, 11) is 0. The highest BCUT2D eigenvalue weighted by atomic mass is 15.0. The number of rotatable bonds is 7. The number of aromatic nitrogens is 4. The number of hydrogen-bond acceptors (Lipinski definition) is 3. The number of fused-ring (bicyclic) bond motifs is 6. The average molecular weight is 819 g/mol. The van der Waals surface area contributed by atoms with Gasteiger partial charge < -0.3 is 4.57 Å². The fourth-order valence-electron chi connectivity index (χ4n) is 9.78. The Labute approximate surface area is 372 Å². The molecule has 1 unspecified atom stereocenters. The van der Waals surface area contributed by atoms with Gasteiger partial charge >= 0.3 is 0 Å². The lowest BCUT2D eigenvalue weighted by Crippen LogP contribution is -2.01. The van der Waals surface area contributed by atoms with E-state index in [1.807, 2.05) is 60.7 Å². The summed E-state index contributed by atoms with van der Waals surface area (Å²) in [4.78, 5) is 14.8. The second-order valence-electron chi connectivity index (χ2n) is 16.7. The van der Waals surface area contributed by atoms with Gasteiger partial charge in [0, 0.05) is 39.1 Å². The molecular formula is C60H42N4. The lowest BCUT2D eigenvalue weighted by molar-refractivity contribution is 0.726. The van der Waals surface area contributed by atoms with E-state index in [0.717, 1.165) is 46.3 Å². The summed E-state index contributed by atoms with van der Waals surface area (Å²) in [6, 6.07) is 80.6. The van der Waals surface area contributed by atoms with Crippen LogP contribution in [0.5, 0.6) is 0 Å². The molecule has 0 saturated carbocycles. The van der Waals surface area contributed by atoms with Gasteiger partial charge in [-0.3, -0.25) is 0 Å². The zero-order valence-electron chi connectivity index (χ0n) is 35.1. The quantitative estimate of drug-likeness (QED) is 0.161. The minimum absolute atomic E-state index is 0.371. The summed E-state index contributed by atoms with van der Waals surface area (Å²) in [5.41, 5.74) is 18.0. The summed E-state index contributed by atoms with van der Waals surface area (Å²) in [5, 5.41) is 2.45. The molecule has 9 aromatic carbocycles. The molecule has 2 heterocycles. The van der Waals surface area contributed by atoms with Crippen molar-refractivity contribution in [1.82, 2.24) is 19.5 Å². The van der Waals surface area contributed by atoms with E-state index in [2.05, 4.69) is 168 Å². The van der Waals surface area contributed by atoms with Crippen molar-refractivity contribution in [3.63, 3.8) is 0 Å². The Morgan fingerprint density at radius 3 is 1.62 bits per heavy atom. The van der Waals surface area contributed by atoms with Crippen molar-refractivity contribution >= 4 is 21.8 Å². The van der Waals surface area contributed by atoms with E-state index in [4.69, 9.17) is 15.0 Å². The van der Waals surface area contributed by atoms with Gasteiger partial charge in [-0.05, 0) is 93.2 Å². The van der Waals surface area contributed by atoms with E-state index in [0.29, 0.717) is 23.4 Å². The number of nitrogens with zero attached hydrogens (tertiary/aromatic N) is 4. The number of benzene rings is 9. The van der Waals surface area contributed by atoms with Crippen molar-refractivity contribution < 1.29 is 0 Å². The first-order valence-electron chi connectivity index (χ1n) is 22.1. The minimum Gasteiger partial charge on any atom is -0.309 e. The second kappa shape index (κ2) is 15.9. The van der Waals surface area contributed by atoms with E-state index in [1.165, 1.54) is 60.8 Å². The van der Waals surface area contributed by atoms with Crippen molar-refractivity contribution in [1.29, 1.82) is 0 Å². The fourth-order valence-corrected chi connectivity index (χ4v) is 9.78. The molecule has 0 N–H and O–H groups in total. The smallest absolute Gasteiger partial charge is 0.164 e. The van der Waals surface area contributed by atoms with Gasteiger partial charge in [0.15, 0.2) is 17.5 Å². The summed E-state index contributed by atoms with van der Waals surface area (Å²) in [6.07, 6.45) is 2.10. The van der Waals surface area contributed by atoms with Crippen LogP contribution in [0.2, 0.25) is 0 Å². The minimum atomic E-state index is 0.371. The van der Waals surface area contributed by atoms with Crippen LogP contribution in [0.15, 0.2) is 224 Å². The van der Waals surface area contributed by atoms with Gasteiger partial charge in [-0.1, -0.05) is 194 Å². The van der Waals surface area contributed by atoms with E-state index in [-0.39, 0.29) is 0 Å². The Morgan fingerprint density at radius 2 is 0.891 bits per heavy atom. The first kappa shape index (κ1) is 37.5. The first-order chi connectivity index (χ1) is 31.7. The van der Waals surface area contributed by atoms with Crippen LogP contribution in [0.25, 0.3) is 95.0 Å². The number of para-hydroxylation sites is 1.